The lowest BCUT2D eigenvalue weighted by molar-refractivity contribution is -0.123. The molecule has 0 unspecified atom stereocenters. The summed E-state index contributed by atoms with van der Waals surface area (Å²) in [5.74, 6) is 0.0179. The van der Waals surface area contributed by atoms with Crippen molar-refractivity contribution in [1.29, 1.82) is 0 Å². The molecule has 4 heteroatoms. The van der Waals surface area contributed by atoms with E-state index in [0.717, 1.165) is 17.3 Å². The van der Waals surface area contributed by atoms with Crippen LogP contribution < -0.4 is 5.32 Å². The third-order valence-electron chi connectivity index (χ3n) is 3.44. The maximum atomic E-state index is 12.0. The van der Waals surface area contributed by atoms with Crippen LogP contribution in [0, 0.1) is 0 Å². The zero-order valence-corrected chi connectivity index (χ0v) is 12.3. The van der Waals surface area contributed by atoms with Gasteiger partial charge in [-0.05, 0) is 38.5 Å². The molecule has 1 aromatic carbocycles. The Bertz CT molecular complexity index is 601. The second-order valence-corrected chi connectivity index (χ2v) is 5.81. The Morgan fingerprint density at radius 3 is 2.79 bits per heavy atom. The highest BCUT2D eigenvalue weighted by Gasteiger charge is 2.18. The second kappa shape index (κ2) is 5.25. The summed E-state index contributed by atoms with van der Waals surface area (Å²) >= 11 is 6.12. The summed E-state index contributed by atoms with van der Waals surface area (Å²) < 4.78 is 1.92. The van der Waals surface area contributed by atoms with Crippen LogP contribution >= 0.6 is 11.6 Å². The number of hydrogen-bond acceptors (Lipinski definition) is 1. The van der Waals surface area contributed by atoms with Gasteiger partial charge in [0, 0.05) is 27.7 Å². The maximum absolute atomic E-state index is 12.0. The van der Waals surface area contributed by atoms with Crippen LogP contribution in [0.1, 0.15) is 27.2 Å². The summed E-state index contributed by atoms with van der Waals surface area (Å²) in [5, 5.41) is 4.72. The molecule has 0 saturated heterocycles. The molecule has 0 atom stereocenters. The zero-order valence-electron chi connectivity index (χ0n) is 11.5. The summed E-state index contributed by atoms with van der Waals surface area (Å²) in [4.78, 5) is 12.0. The predicted octanol–water partition coefficient (Wildman–Crippen LogP) is 3.60. The molecule has 0 fully saturated rings. The quantitative estimate of drug-likeness (QED) is 0.911. The number of nitrogens with zero attached hydrogens (tertiary/aromatic N) is 1. The smallest absolute Gasteiger partial charge is 0.240 e. The fraction of sp³-hybridized carbons (Fsp3) is 0.400. The molecule has 3 nitrogen and oxygen atoms in total. The van der Waals surface area contributed by atoms with Crippen molar-refractivity contribution in [2.75, 3.05) is 0 Å². The van der Waals surface area contributed by atoms with Crippen LogP contribution in [0.25, 0.3) is 10.9 Å². The van der Waals surface area contributed by atoms with E-state index in [1.165, 1.54) is 0 Å². The van der Waals surface area contributed by atoms with Gasteiger partial charge in [0.05, 0.1) is 0 Å². The number of carbonyl (C=O) groups excluding carboxylic acids is 1. The first-order valence-electron chi connectivity index (χ1n) is 6.47. The van der Waals surface area contributed by atoms with Crippen molar-refractivity contribution >= 4 is 28.4 Å². The van der Waals surface area contributed by atoms with Crippen molar-refractivity contribution in [3.63, 3.8) is 0 Å². The van der Waals surface area contributed by atoms with E-state index in [1.54, 1.807) is 0 Å². The Kier molecular flexibility index (Phi) is 3.85. The number of amides is 1. The summed E-state index contributed by atoms with van der Waals surface area (Å²) in [7, 11) is 0. The fourth-order valence-electron chi connectivity index (χ4n) is 1.98. The molecule has 0 aliphatic carbocycles. The van der Waals surface area contributed by atoms with Gasteiger partial charge in [0.15, 0.2) is 0 Å². The Morgan fingerprint density at radius 1 is 1.37 bits per heavy atom. The average molecular weight is 279 g/mol. The third kappa shape index (κ3) is 3.10. The molecule has 1 amide bonds. The summed E-state index contributed by atoms with van der Waals surface area (Å²) in [5.41, 5.74) is 0.814. The molecule has 2 rings (SSSR count). The van der Waals surface area contributed by atoms with E-state index in [0.29, 0.717) is 11.6 Å². The molecule has 1 heterocycles. The van der Waals surface area contributed by atoms with Gasteiger partial charge in [0.25, 0.3) is 0 Å². The predicted molar refractivity (Wildman–Crippen MR) is 79.5 cm³/mol. The maximum Gasteiger partial charge on any atom is 0.240 e. The minimum atomic E-state index is -0.169. The van der Waals surface area contributed by atoms with Gasteiger partial charge in [-0.15, -0.1) is 0 Å². The first kappa shape index (κ1) is 13.9. The van der Waals surface area contributed by atoms with Crippen molar-refractivity contribution < 1.29 is 4.79 Å². The number of carbonyl (C=O) groups is 1. The lowest BCUT2D eigenvalue weighted by atomic mass is 10.0. The molecule has 0 saturated carbocycles. The van der Waals surface area contributed by atoms with E-state index in [9.17, 15) is 4.79 Å². The molecule has 2 aromatic rings. The van der Waals surface area contributed by atoms with Crippen molar-refractivity contribution in [3.8, 4) is 0 Å². The molecule has 0 aliphatic rings. The van der Waals surface area contributed by atoms with Gasteiger partial charge >= 0.3 is 0 Å². The number of nitrogens with one attached hydrogen (secondary N) is 1. The minimum absolute atomic E-state index is 0.0179. The number of benzene rings is 1. The minimum Gasteiger partial charge on any atom is -0.350 e. The molecule has 19 heavy (non-hydrogen) atoms. The van der Waals surface area contributed by atoms with Gasteiger partial charge < -0.3 is 9.88 Å². The molecule has 1 aromatic heterocycles. The van der Waals surface area contributed by atoms with Crippen molar-refractivity contribution in [3.05, 3.63) is 35.5 Å². The highest BCUT2D eigenvalue weighted by Crippen LogP contribution is 2.24. The van der Waals surface area contributed by atoms with Crippen LogP contribution in [-0.2, 0) is 11.3 Å². The van der Waals surface area contributed by atoms with E-state index >= 15 is 0 Å². The zero-order chi connectivity index (χ0) is 14.0. The molecular weight excluding hydrogens is 260 g/mol. The molecule has 1 N–H and O–H groups in total. The van der Waals surface area contributed by atoms with Crippen LogP contribution in [0.3, 0.4) is 0 Å². The summed E-state index contributed by atoms with van der Waals surface area (Å²) in [6, 6.07) is 7.67. The normalized spacial score (nSPS) is 11.8. The Hall–Kier alpha value is -1.48. The SMILES string of the molecule is CCC(C)(C)NC(=O)Cn1ccc2c(Cl)cccc21. The highest BCUT2D eigenvalue weighted by atomic mass is 35.5. The van der Waals surface area contributed by atoms with Crippen LogP contribution in [0.5, 0.6) is 0 Å². The standard InChI is InChI=1S/C15H19ClN2O/c1-4-15(2,3)17-14(19)10-18-9-8-11-12(16)6-5-7-13(11)18/h5-9H,4,10H2,1-3H3,(H,17,19). The van der Waals surface area contributed by atoms with Crippen LogP contribution in [0.15, 0.2) is 30.5 Å². The van der Waals surface area contributed by atoms with E-state index < -0.39 is 0 Å². The first-order chi connectivity index (χ1) is 8.93. The van der Waals surface area contributed by atoms with E-state index in [4.69, 9.17) is 11.6 Å². The van der Waals surface area contributed by atoms with Crippen LogP contribution in [-0.4, -0.2) is 16.0 Å². The fourth-order valence-corrected chi connectivity index (χ4v) is 2.22. The Morgan fingerprint density at radius 2 is 2.11 bits per heavy atom. The number of aromatic nitrogens is 1. The van der Waals surface area contributed by atoms with Gasteiger partial charge in [0.1, 0.15) is 6.54 Å². The first-order valence-corrected chi connectivity index (χ1v) is 6.85. The molecule has 102 valence electrons. The van der Waals surface area contributed by atoms with Crippen molar-refractivity contribution in [2.24, 2.45) is 0 Å². The van der Waals surface area contributed by atoms with Gasteiger partial charge in [-0.1, -0.05) is 24.6 Å². The van der Waals surface area contributed by atoms with Gasteiger partial charge in [-0.25, -0.2) is 0 Å². The number of fused-ring (bicyclic) bond motifs is 1. The van der Waals surface area contributed by atoms with Crippen LogP contribution in [0.2, 0.25) is 5.02 Å². The average Bonchev–Trinajstić information content (AvgIpc) is 2.73. The number of halogens is 1. The van der Waals surface area contributed by atoms with Gasteiger partial charge in [-0.3, -0.25) is 4.79 Å². The topological polar surface area (TPSA) is 34.0 Å². The largest absolute Gasteiger partial charge is 0.350 e. The molecule has 0 bridgehead atoms. The van der Waals surface area contributed by atoms with Crippen molar-refractivity contribution in [2.45, 2.75) is 39.3 Å². The Balaban J connectivity index is 2.18. The molecule has 0 radical (unpaired) electrons. The third-order valence-corrected chi connectivity index (χ3v) is 3.77. The highest BCUT2D eigenvalue weighted by molar-refractivity contribution is 6.35. The number of hydrogen-bond donors (Lipinski definition) is 1. The number of rotatable bonds is 4. The summed E-state index contributed by atoms with van der Waals surface area (Å²) in [6.45, 7) is 6.42. The van der Waals surface area contributed by atoms with Gasteiger partial charge in [0.2, 0.25) is 5.91 Å². The van der Waals surface area contributed by atoms with E-state index in [1.807, 2.05) is 48.9 Å². The van der Waals surface area contributed by atoms with E-state index in [2.05, 4.69) is 12.2 Å². The molecule has 0 spiro atoms. The lowest BCUT2D eigenvalue weighted by Gasteiger charge is -2.24. The van der Waals surface area contributed by atoms with Gasteiger partial charge in [-0.2, -0.15) is 0 Å². The molecule has 0 aliphatic heterocycles. The molecular formula is C15H19ClN2O. The summed E-state index contributed by atoms with van der Waals surface area (Å²) in [6.07, 6.45) is 2.80. The monoisotopic (exact) mass is 278 g/mol. The van der Waals surface area contributed by atoms with Crippen LogP contribution in [0.4, 0.5) is 0 Å². The second-order valence-electron chi connectivity index (χ2n) is 5.40. The Labute approximate surface area is 118 Å². The lowest BCUT2D eigenvalue weighted by Crippen LogP contribution is -2.44. The van der Waals surface area contributed by atoms with E-state index in [-0.39, 0.29) is 11.4 Å². The van der Waals surface area contributed by atoms with Crippen molar-refractivity contribution in [1.82, 2.24) is 9.88 Å².